The predicted octanol–water partition coefficient (Wildman–Crippen LogP) is 4.15. The molecule has 0 saturated heterocycles. The number of nitrogens with one attached hydrogen (secondary N) is 1. The Balaban J connectivity index is 2.35. The van der Waals surface area contributed by atoms with Gasteiger partial charge in [0.1, 0.15) is 0 Å². The van der Waals surface area contributed by atoms with E-state index in [1.54, 1.807) is 0 Å². The lowest BCUT2D eigenvalue weighted by Gasteiger charge is -2.27. The fourth-order valence-electron chi connectivity index (χ4n) is 2.61. The molecule has 2 rings (SSSR count). The zero-order valence-corrected chi connectivity index (χ0v) is 11.0. The summed E-state index contributed by atoms with van der Waals surface area (Å²) in [5.41, 5.74) is -1.29. The second-order valence-corrected chi connectivity index (χ2v) is 5.46. The van der Waals surface area contributed by atoms with Crippen molar-refractivity contribution in [2.24, 2.45) is 0 Å². The average molecular weight is 287 g/mol. The van der Waals surface area contributed by atoms with Gasteiger partial charge in [-0.2, -0.15) is 13.2 Å². The van der Waals surface area contributed by atoms with Gasteiger partial charge < -0.3 is 10.4 Å². The van der Waals surface area contributed by atoms with Crippen molar-refractivity contribution in [1.29, 1.82) is 0 Å². The second-order valence-electron chi connectivity index (χ2n) is 5.46. The van der Waals surface area contributed by atoms with Gasteiger partial charge in [0.2, 0.25) is 0 Å². The molecule has 0 radical (unpaired) electrons. The maximum atomic E-state index is 12.6. The fraction of sp³-hybridized carbons (Fsp3) is 0.500. The third-order valence-electron chi connectivity index (χ3n) is 3.72. The SMILES string of the molecule is CC1(Nc2ccc(C(F)(F)F)cc2C(=O)O)CCCC1. The number of hydrogen-bond acceptors (Lipinski definition) is 2. The van der Waals surface area contributed by atoms with Crippen LogP contribution in [0.3, 0.4) is 0 Å². The van der Waals surface area contributed by atoms with E-state index >= 15 is 0 Å². The van der Waals surface area contributed by atoms with E-state index in [1.165, 1.54) is 6.07 Å². The molecule has 0 amide bonds. The zero-order chi connectivity index (χ0) is 15.0. The summed E-state index contributed by atoms with van der Waals surface area (Å²) in [6.07, 6.45) is -0.709. The first-order chi connectivity index (χ1) is 9.21. The molecule has 6 heteroatoms. The van der Waals surface area contributed by atoms with Crippen LogP contribution in [0.2, 0.25) is 0 Å². The van der Waals surface area contributed by atoms with E-state index in [1.807, 2.05) is 6.92 Å². The van der Waals surface area contributed by atoms with Crippen LogP contribution in [0.4, 0.5) is 18.9 Å². The summed E-state index contributed by atoms with van der Waals surface area (Å²) >= 11 is 0. The Morgan fingerprint density at radius 1 is 1.30 bits per heavy atom. The van der Waals surface area contributed by atoms with Gasteiger partial charge in [0.05, 0.1) is 11.1 Å². The van der Waals surface area contributed by atoms with Gasteiger partial charge in [-0.05, 0) is 38.0 Å². The molecule has 1 aliphatic rings. The molecule has 0 spiro atoms. The Labute approximate surface area is 114 Å². The molecule has 1 aromatic rings. The summed E-state index contributed by atoms with van der Waals surface area (Å²) in [7, 11) is 0. The fourth-order valence-corrected chi connectivity index (χ4v) is 2.61. The minimum atomic E-state index is -4.54. The lowest BCUT2D eigenvalue weighted by atomic mass is 9.98. The van der Waals surface area contributed by atoms with Gasteiger partial charge in [0.25, 0.3) is 0 Å². The Morgan fingerprint density at radius 2 is 1.90 bits per heavy atom. The molecule has 0 atom stereocenters. The summed E-state index contributed by atoms with van der Waals surface area (Å²) in [6, 6.07) is 2.80. The van der Waals surface area contributed by atoms with E-state index in [9.17, 15) is 18.0 Å². The molecule has 1 fully saturated rings. The van der Waals surface area contributed by atoms with Gasteiger partial charge in [-0.15, -0.1) is 0 Å². The first-order valence-electron chi connectivity index (χ1n) is 6.44. The average Bonchev–Trinajstić information content (AvgIpc) is 2.74. The Kier molecular flexibility index (Phi) is 3.67. The summed E-state index contributed by atoms with van der Waals surface area (Å²) in [5.74, 6) is -1.36. The first kappa shape index (κ1) is 14.7. The van der Waals surface area contributed by atoms with Crippen LogP contribution in [0.1, 0.15) is 48.5 Å². The van der Waals surface area contributed by atoms with Gasteiger partial charge in [-0.25, -0.2) is 4.79 Å². The van der Waals surface area contributed by atoms with E-state index in [0.29, 0.717) is 6.07 Å². The van der Waals surface area contributed by atoms with E-state index in [-0.39, 0.29) is 16.8 Å². The molecule has 3 nitrogen and oxygen atoms in total. The van der Waals surface area contributed by atoms with Gasteiger partial charge in [0, 0.05) is 11.2 Å². The van der Waals surface area contributed by atoms with Gasteiger partial charge in [-0.3, -0.25) is 0 Å². The number of halogens is 3. The second kappa shape index (κ2) is 5.00. The van der Waals surface area contributed by atoms with Crippen LogP contribution in [0, 0.1) is 0 Å². The number of carboxylic acids is 1. The van der Waals surface area contributed by atoms with Gasteiger partial charge in [-0.1, -0.05) is 12.8 Å². The van der Waals surface area contributed by atoms with Crippen LogP contribution in [0.25, 0.3) is 0 Å². The van der Waals surface area contributed by atoms with Crippen molar-refractivity contribution >= 4 is 11.7 Å². The molecule has 1 saturated carbocycles. The lowest BCUT2D eigenvalue weighted by Crippen LogP contribution is -2.31. The summed E-state index contributed by atoms with van der Waals surface area (Å²) in [4.78, 5) is 11.2. The first-order valence-corrected chi connectivity index (χ1v) is 6.44. The van der Waals surface area contributed by atoms with Crippen molar-refractivity contribution in [3.63, 3.8) is 0 Å². The Morgan fingerprint density at radius 3 is 2.40 bits per heavy atom. The van der Waals surface area contributed by atoms with Crippen molar-refractivity contribution in [1.82, 2.24) is 0 Å². The minimum absolute atomic E-state index is 0.245. The summed E-state index contributed by atoms with van der Waals surface area (Å²) in [6.45, 7) is 1.96. The number of carbonyl (C=O) groups is 1. The van der Waals surface area contributed by atoms with Crippen LogP contribution < -0.4 is 5.32 Å². The normalized spacial score (nSPS) is 18.0. The van der Waals surface area contributed by atoms with Crippen molar-refractivity contribution in [3.8, 4) is 0 Å². The highest BCUT2D eigenvalue weighted by Crippen LogP contribution is 2.36. The minimum Gasteiger partial charge on any atom is -0.478 e. The number of aromatic carboxylic acids is 1. The third kappa shape index (κ3) is 3.05. The quantitative estimate of drug-likeness (QED) is 0.878. The monoisotopic (exact) mass is 287 g/mol. The summed E-state index contributed by atoms with van der Waals surface area (Å²) < 4.78 is 37.9. The van der Waals surface area contributed by atoms with E-state index in [0.717, 1.165) is 31.7 Å². The topological polar surface area (TPSA) is 49.3 Å². The number of rotatable bonds is 3. The molecular weight excluding hydrogens is 271 g/mol. The Hall–Kier alpha value is -1.72. The van der Waals surface area contributed by atoms with Crippen LogP contribution in [0.5, 0.6) is 0 Å². The molecule has 0 aliphatic heterocycles. The third-order valence-corrected chi connectivity index (χ3v) is 3.72. The van der Waals surface area contributed by atoms with Crippen molar-refractivity contribution < 1.29 is 23.1 Å². The summed E-state index contributed by atoms with van der Waals surface area (Å²) in [5, 5.41) is 12.2. The molecule has 1 aliphatic carbocycles. The van der Waals surface area contributed by atoms with Crippen LogP contribution in [-0.2, 0) is 6.18 Å². The lowest BCUT2D eigenvalue weighted by molar-refractivity contribution is -0.137. The van der Waals surface area contributed by atoms with Crippen molar-refractivity contribution in [2.75, 3.05) is 5.32 Å². The molecule has 0 heterocycles. The van der Waals surface area contributed by atoms with Crippen molar-refractivity contribution in [3.05, 3.63) is 29.3 Å². The molecule has 0 aromatic heterocycles. The molecule has 0 unspecified atom stereocenters. The largest absolute Gasteiger partial charge is 0.478 e. The number of hydrogen-bond donors (Lipinski definition) is 2. The highest BCUT2D eigenvalue weighted by Gasteiger charge is 2.33. The van der Waals surface area contributed by atoms with Crippen LogP contribution in [-0.4, -0.2) is 16.6 Å². The van der Waals surface area contributed by atoms with Gasteiger partial charge in [0.15, 0.2) is 0 Å². The van der Waals surface area contributed by atoms with Crippen LogP contribution in [0.15, 0.2) is 18.2 Å². The maximum Gasteiger partial charge on any atom is 0.416 e. The molecular formula is C14H16F3NO2. The molecule has 1 aromatic carbocycles. The predicted molar refractivity (Wildman–Crippen MR) is 68.9 cm³/mol. The van der Waals surface area contributed by atoms with E-state index < -0.39 is 17.7 Å². The Bertz CT molecular complexity index is 520. The smallest absolute Gasteiger partial charge is 0.416 e. The molecule has 2 N–H and O–H groups in total. The molecule has 20 heavy (non-hydrogen) atoms. The number of carboxylic acid groups (broad SMARTS) is 1. The number of benzene rings is 1. The van der Waals surface area contributed by atoms with Crippen LogP contribution >= 0.6 is 0 Å². The number of anilines is 1. The van der Waals surface area contributed by atoms with E-state index in [4.69, 9.17) is 5.11 Å². The van der Waals surface area contributed by atoms with Gasteiger partial charge >= 0.3 is 12.1 Å². The van der Waals surface area contributed by atoms with E-state index in [2.05, 4.69) is 5.32 Å². The van der Waals surface area contributed by atoms with Crippen molar-refractivity contribution in [2.45, 2.75) is 44.3 Å². The highest BCUT2D eigenvalue weighted by molar-refractivity contribution is 5.94. The highest BCUT2D eigenvalue weighted by atomic mass is 19.4. The molecule has 0 bridgehead atoms. The maximum absolute atomic E-state index is 12.6. The molecule has 110 valence electrons. The number of alkyl halides is 3. The zero-order valence-electron chi connectivity index (χ0n) is 11.0. The standard InChI is InChI=1S/C14H16F3NO2/c1-13(6-2-3-7-13)18-11-5-4-9(14(15,16)17)8-10(11)12(19)20/h4-5,8,18H,2-3,6-7H2,1H3,(H,19,20).